The van der Waals surface area contributed by atoms with Crippen LogP contribution in [0, 0.1) is 0 Å². The second kappa shape index (κ2) is 6.78. The van der Waals surface area contributed by atoms with Gasteiger partial charge in [0, 0.05) is 30.4 Å². The first kappa shape index (κ1) is 14.2. The third-order valence-corrected chi connectivity index (χ3v) is 3.74. The molecule has 0 radical (unpaired) electrons. The molecule has 0 heterocycles. The van der Waals surface area contributed by atoms with Crippen LogP contribution in [0.3, 0.4) is 0 Å². The van der Waals surface area contributed by atoms with Gasteiger partial charge in [0.25, 0.3) is 0 Å². The quantitative estimate of drug-likeness (QED) is 0.740. The van der Waals surface area contributed by atoms with Crippen LogP contribution in [0.5, 0.6) is 5.75 Å². The van der Waals surface area contributed by atoms with Crippen LogP contribution in [0.4, 0.5) is 5.69 Å². The van der Waals surface area contributed by atoms with E-state index in [4.69, 9.17) is 10.5 Å². The zero-order chi connectivity index (χ0) is 13.7. The minimum absolute atomic E-state index is 0.197. The van der Waals surface area contributed by atoms with Crippen molar-refractivity contribution < 1.29 is 9.84 Å². The fourth-order valence-corrected chi connectivity index (χ4v) is 2.51. The molecule has 0 spiro atoms. The molecule has 1 aromatic carbocycles. The summed E-state index contributed by atoms with van der Waals surface area (Å²) in [6.07, 6.45) is 3.75. The van der Waals surface area contributed by atoms with Gasteiger partial charge in [-0.2, -0.15) is 0 Å². The van der Waals surface area contributed by atoms with Gasteiger partial charge in [-0.1, -0.05) is 6.42 Å². The van der Waals surface area contributed by atoms with Crippen molar-refractivity contribution in [2.75, 3.05) is 25.5 Å². The highest BCUT2D eigenvalue weighted by molar-refractivity contribution is 5.47. The number of rotatable bonds is 7. The molecule has 1 aliphatic carbocycles. The summed E-state index contributed by atoms with van der Waals surface area (Å²) in [5.41, 5.74) is 7.75. The van der Waals surface area contributed by atoms with Crippen LogP contribution in [0.15, 0.2) is 18.2 Å². The number of aliphatic hydroxyl groups excluding tert-OH is 1. The maximum atomic E-state index is 9.21. The Kier molecular flexibility index (Phi) is 5.05. The van der Waals surface area contributed by atoms with E-state index in [-0.39, 0.29) is 6.61 Å². The van der Waals surface area contributed by atoms with E-state index in [0.717, 1.165) is 23.5 Å². The van der Waals surface area contributed by atoms with Gasteiger partial charge >= 0.3 is 0 Å². The Hall–Kier alpha value is -1.26. The predicted molar refractivity (Wildman–Crippen MR) is 77.2 cm³/mol. The summed E-state index contributed by atoms with van der Waals surface area (Å²) in [6, 6.07) is 6.39. The number of nitrogens with zero attached hydrogens (tertiary/aromatic N) is 1. The van der Waals surface area contributed by atoms with Crippen molar-refractivity contribution in [3.8, 4) is 5.75 Å². The predicted octanol–water partition coefficient (Wildman–Crippen LogP) is 2.01. The van der Waals surface area contributed by atoms with E-state index in [1.54, 1.807) is 0 Å². The van der Waals surface area contributed by atoms with Crippen LogP contribution in [0.1, 0.15) is 31.7 Å². The number of hydrogen-bond donors (Lipinski definition) is 2. The summed E-state index contributed by atoms with van der Waals surface area (Å²) < 4.78 is 5.66. The third kappa shape index (κ3) is 3.61. The molecule has 1 aromatic rings. The van der Waals surface area contributed by atoms with Gasteiger partial charge in [0.05, 0.1) is 13.2 Å². The second-order valence-electron chi connectivity index (χ2n) is 5.08. The van der Waals surface area contributed by atoms with Gasteiger partial charge in [-0.3, -0.25) is 4.90 Å². The van der Waals surface area contributed by atoms with Gasteiger partial charge in [-0.05, 0) is 38.0 Å². The lowest BCUT2D eigenvalue weighted by molar-refractivity contribution is 0.0935. The molecule has 0 aromatic heterocycles. The summed E-state index contributed by atoms with van der Waals surface area (Å²) in [4.78, 5) is 2.33. The van der Waals surface area contributed by atoms with Crippen LogP contribution < -0.4 is 10.5 Å². The molecule has 3 N–H and O–H groups in total. The lowest BCUT2D eigenvalue weighted by atomic mass is 9.91. The number of hydrogen-bond acceptors (Lipinski definition) is 4. The molecule has 1 fully saturated rings. The highest BCUT2D eigenvalue weighted by Gasteiger charge is 2.25. The summed E-state index contributed by atoms with van der Waals surface area (Å²) in [7, 11) is 0. The topological polar surface area (TPSA) is 58.7 Å². The maximum absolute atomic E-state index is 9.21. The van der Waals surface area contributed by atoms with Crippen LogP contribution >= 0.6 is 0 Å². The first-order valence-electron chi connectivity index (χ1n) is 7.10. The van der Waals surface area contributed by atoms with E-state index in [1.807, 2.05) is 25.1 Å². The Bertz CT molecular complexity index is 405. The Morgan fingerprint density at radius 1 is 1.42 bits per heavy atom. The van der Waals surface area contributed by atoms with Crippen molar-refractivity contribution >= 4 is 5.69 Å². The molecule has 4 nitrogen and oxygen atoms in total. The average Bonchev–Trinajstić information content (AvgIpc) is 2.31. The van der Waals surface area contributed by atoms with E-state index in [9.17, 15) is 5.11 Å². The van der Waals surface area contributed by atoms with Crippen molar-refractivity contribution in [3.05, 3.63) is 23.8 Å². The normalized spacial score (nSPS) is 15.5. The van der Waals surface area contributed by atoms with Gasteiger partial charge < -0.3 is 15.6 Å². The number of aliphatic hydroxyl groups is 1. The van der Waals surface area contributed by atoms with Crippen LogP contribution in [0.2, 0.25) is 0 Å². The first-order chi connectivity index (χ1) is 9.24. The minimum atomic E-state index is 0.197. The summed E-state index contributed by atoms with van der Waals surface area (Å²) in [6.45, 7) is 4.34. The van der Waals surface area contributed by atoms with E-state index in [2.05, 4.69) is 4.90 Å². The average molecular weight is 264 g/mol. The maximum Gasteiger partial charge on any atom is 0.123 e. The number of anilines is 1. The number of benzene rings is 1. The van der Waals surface area contributed by atoms with Crippen molar-refractivity contribution in [2.45, 2.75) is 38.8 Å². The Labute approximate surface area is 115 Å². The zero-order valence-electron chi connectivity index (χ0n) is 11.6. The molecule has 0 atom stereocenters. The molecule has 106 valence electrons. The molecule has 4 heteroatoms. The van der Waals surface area contributed by atoms with Gasteiger partial charge in [-0.25, -0.2) is 0 Å². The summed E-state index contributed by atoms with van der Waals surface area (Å²) in [5, 5.41) is 9.21. The number of ether oxygens (including phenoxy) is 1. The van der Waals surface area contributed by atoms with Gasteiger partial charge in [0.2, 0.25) is 0 Å². The Morgan fingerprint density at radius 3 is 2.79 bits per heavy atom. The number of nitrogens with two attached hydrogens (primary N) is 1. The lowest BCUT2D eigenvalue weighted by Gasteiger charge is -2.37. The minimum Gasteiger partial charge on any atom is -0.494 e. The molecule has 2 rings (SSSR count). The monoisotopic (exact) mass is 264 g/mol. The molecule has 0 bridgehead atoms. The molecule has 1 saturated carbocycles. The van der Waals surface area contributed by atoms with Gasteiger partial charge in [0.15, 0.2) is 0 Å². The highest BCUT2D eigenvalue weighted by atomic mass is 16.5. The molecule has 0 unspecified atom stereocenters. The molecule has 19 heavy (non-hydrogen) atoms. The van der Waals surface area contributed by atoms with Gasteiger partial charge in [0.1, 0.15) is 5.75 Å². The summed E-state index contributed by atoms with van der Waals surface area (Å²) in [5.74, 6) is 0.902. The molecule has 0 saturated heterocycles. The van der Waals surface area contributed by atoms with Crippen molar-refractivity contribution in [1.29, 1.82) is 0 Å². The smallest absolute Gasteiger partial charge is 0.123 e. The third-order valence-electron chi connectivity index (χ3n) is 3.74. The first-order valence-corrected chi connectivity index (χ1v) is 7.10. The fraction of sp³-hybridized carbons (Fsp3) is 0.600. The number of nitrogen functional groups attached to an aromatic ring is 1. The van der Waals surface area contributed by atoms with Crippen LogP contribution in [0.25, 0.3) is 0 Å². The summed E-state index contributed by atoms with van der Waals surface area (Å²) >= 11 is 0. The molecule has 0 amide bonds. The van der Waals surface area contributed by atoms with Gasteiger partial charge in [-0.15, -0.1) is 0 Å². The van der Waals surface area contributed by atoms with E-state index in [1.165, 1.54) is 19.3 Å². The van der Waals surface area contributed by atoms with Crippen molar-refractivity contribution in [3.63, 3.8) is 0 Å². The van der Waals surface area contributed by atoms with Crippen molar-refractivity contribution in [1.82, 2.24) is 4.90 Å². The molecule has 1 aliphatic rings. The van der Waals surface area contributed by atoms with E-state index in [0.29, 0.717) is 19.2 Å². The molecular weight excluding hydrogens is 240 g/mol. The van der Waals surface area contributed by atoms with E-state index < -0.39 is 0 Å². The molecular formula is C15H24N2O2. The fourth-order valence-electron chi connectivity index (χ4n) is 2.51. The Morgan fingerprint density at radius 2 is 2.21 bits per heavy atom. The highest BCUT2D eigenvalue weighted by Crippen LogP contribution is 2.29. The van der Waals surface area contributed by atoms with E-state index >= 15 is 0 Å². The Balaban J connectivity index is 2.11. The standard InChI is InChI=1S/C15H24N2O2/c1-2-19-15-7-6-13(16)10-12(15)11-17(8-9-18)14-4-3-5-14/h6-7,10,14,18H,2-5,8-9,11,16H2,1H3. The second-order valence-corrected chi connectivity index (χ2v) is 5.08. The zero-order valence-corrected chi connectivity index (χ0v) is 11.6. The van der Waals surface area contributed by atoms with Crippen molar-refractivity contribution in [2.24, 2.45) is 0 Å². The SMILES string of the molecule is CCOc1ccc(N)cc1CN(CCO)C1CCC1. The van der Waals surface area contributed by atoms with Crippen LogP contribution in [-0.4, -0.2) is 35.8 Å². The lowest BCUT2D eigenvalue weighted by Crippen LogP contribution is -2.41. The van der Waals surface area contributed by atoms with Crippen LogP contribution in [-0.2, 0) is 6.54 Å². The largest absolute Gasteiger partial charge is 0.494 e. The molecule has 0 aliphatic heterocycles.